The quantitative estimate of drug-likeness (QED) is 0.863. The van der Waals surface area contributed by atoms with Crippen molar-refractivity contribution in [1.29, 1.82) is 0 Å². The summed E-state index contributed by atoms with van der Waals surface area (Å²) in [5, 5.41) is 9.84. The van der Waals surface area contributed by atoms with E-state index in [1.54, 1.807) is 4.90 Å². The van der Waals surface area contributed by atoms with E-state index in [-0.39, 0.29) is 17.8 Å². The van der Waals surface area contributed by atoms with E-state index in [1.165, 1.54) is 11.5 Å². The number of carboxylic acid groups (broad SMARTS) is 1. The lowest BCUT2D eigenvalue weighted by atomic mass is 10.1. The number of carboxylic acids is 1. The maximum atomic E-state index is 12.3. The normalized spacial score (nSPS) is 18.2. The fourth-order valence-electron chi connectivity index (χ4n) is 3.09. The number of carbonyl (C=O) groups is 2. The van der Waals surface area contributed by atoms with Gasteiger partial charge in [-0.25, -0.2) is 9.59 Å². The van der Waals surface area contributed by atoms with Gasteiger partial charge in [0.2, 0.25) is 0 Å². The SMILES string of the molecule is CC1CN(C(=O)OC(C)(C)C)CCN1c1ccc2c(C(=O)O)nsc2c1. The van der Waals surface area contributed by atoms with Crippen LogP contribution in [0.2, 0.25) is 0 Å². The number of piperazine rings is 1. The van der Waals surface area contributed by atoms with Gasteiger partial charge in [0, 0.05) is 36.7 Å². The number of rotatable bonds is 2. The van der Waals surface area contributed by atoms with Gasteiger partial charge in [0.25, 0.3) is 0 Å². The van der Waals surface area contributed by atoms with Crippen LogP contribution in [-0.2, 0) is 4.74 Å². The summed E-state index contributed by atoms with van der Waals surface area (Å²) < 4.78 is 10.3. The highest BCUT2D eigenvalue weighted by molar-refractivity contribution is 7.13. The van der Waals surface area contributed by atoms with Crippen LogP contribution in [-0.4, -0.2) is 57.7 Å². The Bertz CT molecular complexity index is 843. The van der Waals surface area contributed by atoms with Gasteiger partial charge >= 0.3 is 12.1 Å². The van der Waals surface area contributed by atoms with Crippen LogP contribution in [0, 0.1) is 0 Å². The Labute approximate surface area is 156 Å². The number of carbonyl (C=O) groups excluding carboxylic acids is 1. The molecule has 0 radical (unpaired) electrons. The summed E-state index contributed by atoms with van der Waals surface area (Å²) in [7, 11) is 0. The number of hydrogen-bond donors (Lipinski definition) is 1. The Balaban J connectivity index is 1.74. The first-order valence-electron chi connectivity index (χ1n) is 8.53. The Hall–Kier alpha value is -2.35. The largest absolute Gasteiger partial charge is 0.476 e. The molecule has 3 rings (SSSR count). The molecule has 140 valence electrons. The third-order valence-corrected chi connectivity index (χ3v) is 5.08. The number of aromatic carboxylic acids is 1. The van der Waals surface area contributed by atoms with E-state index < -0.39 is 11.6 Å². The van der Waals surface area contributed by atoms with Crippen LogP contribution < -0.4 is 4.90 Å². The second-order valence-corrected chi connectivity index (χ2v) is 8.29. The van der Waals surface area contributed by atoms with Gasteiger partial charge in [-0.3, -0.25) is 0 Å². The van der Waals surface area contributed by atoms with Gasteiger partial charge < -0.3 is 19.6 Å². The predicted octanol–water partition coefficient (Wildman–Crippen LogP) is 3.44. The summed E-state index contributed by atoms with van der Waals surface area (Å²) in [5.74, 6) is -1.01. The number of anilines is 1. The fourth-order valence-corrected chi connectivity index (χ4v) is 3.90. The number of benzene rings is 1. The number of aromatic nitrogens is 1. The third-order valence-electron chi connectivity index (χ3n) is 4.27. The highest BCUT2D eigenvalue weighted by Gasteiger charge is 2.30. The molecular weight excluding hydrogens is 354 g/mol. The first kappa shape index (κ1) is 18.4. The Morgan fingerprint density at radius 3 is 2.65 bits per heavy atom. The van der Waals surface area contributed by atoms with Crippen molar-refractivity contribution in [3.8, 4) is 0 Å². The molecule has 26 heavy (non-hydrogen) atoms. The molecule has 7 nitrogen and oxygen atoms in total. The van der Waals surface area contributed by atoms with Crippen molar-refractivity contribution in [2.45, 2.75) is 39.3 Å². The van der Waals surface area contributed by atoms with Crippen LogP contribution in [0.4, 0.5) is 10.5 Å². The number of ether oxygens (including phenoxy) is 1. The minimum absolute atomic E-state index is 0.0966. The van der Waals surface area contributed by atoms with Crippen molar-refractivity contribution in [2.75, 3.05) is 24.5 Å². The molecule has 1 aromatic carbocycles. The lowest BCUT2D eigenvalue weighted by molar-refractivity contribution is 0.0218. The van der Waals surface area contributed by atoms with Crippen molar-refractivity contribution in [3.05, 3.63) is 23.9 Å². The standard InChI is InChI=1S/C18H23N3O4S/c1-11-10-20(17(24)25-18(2,3)4)7-8-21(11)12-5-6-13-14(9-12)26-19-15(13)16(22)23/h5-6,9,11H,7-8,10H2,1-4H3,(H,22,23). The molecule has 2 heterocycles. The smallest absolute Gasteiger partial charge is 0.410 e. The van der Waals surface area contributed by atoms with Gasteiger partial charge in [0.05, 0.1) is 4.70 Å². The highest BCUT2D eigenvalue weighted by Crippen LogP contribution is 2.30. The van der Waals surface area contributed by atoms with E-state index in [1.807, 2.05) is 39.0 Å². The zero-order valence-corrected chi connectivity index (χ0v) is 16.2. The maximum absolute atomic E-state index is 12.3. The van der Waals surface area contributed by atoms with Gasteiger partial charge in [0.15, 0.2) is 5.69 Å². The molecule has 1 fully saturated rings. The van der Waals surface area contributed by atoms with Gasteiger partial charge in [-0.1, -0.05) is 0 Å². The van der Waals surface area contributed by atoms with Crippen molar-refractivity contribution < 1.29 is 19.4 Å². The van der Waals surface area contributed by atoms with Crippen molar-refractivity contribution in [2.24, 2.45) is 0 Å². The van der Waals surface area contributed by atoms with Crippen LogP contribution in [0.3, 0.4) is 0 Å². The summed E-state index contributed by atoms with van der Waals surface area (Å²) in [6, 6.07) is 5.83. The molecule has 1 aliphatic heterocycles. The summed E-state index contributed by atoms with van der Waals surface area (Å²) in [6.07, 6.45) is -0.284. The van der Waals surface area contributed by atoms with E-state index >= 15 is 0 Å². The number of hydrogen-bond acceptors (Lipinski definition) is 6. The predicted molar refractivity (Wildman–Crippen MR) is 101 cm³/mol. The van der Waals surface area contributed by atoms with Gasteiger partial charge in [0.1, 0.15) is 5.60 Å². The molecule has 0 aliphatic carbocycles. The summed E-state index contributed by atoms with van der Waals surface area (Å²) in [5.41, 5.74) is 0.602. The molecule has 1 aromatic heterocycles. The van der Waals surface area contributed by atoms with Crippen LogP contribution in [0.15, 0.2) is 18.2 Å². The molecule has 1 atom stereocenters. The van der Waals surface area contributed by atoms with E-state index in [0.29, 0.717) is 25.0 Å². The molecule has 0 bridgehead atoms. The Morgan fingerprint density at radius 2 is 2.04 bits per heavy atom. The molecule has 0 spiro atoms. The average molecular weight is 377 g/mol. The summed E-state index contributed by atoms with van der Waals surface area (Å²) in [6.45, 7) is 9.50. The summed E-state index contributed by atoms with van der Waals surface area (Å²) >= 11 is 1.19. The lowest BCUT2D eigenvalue weighted by Crippen LogP contribution is -2.54. The minimum atomic E-state index is -1.01. The summed E-state index contributed by atoms with van der Waals surface area (Å²) in [4.78, 5) is 27.4. The first-order chi connectivity index (χ1) is 12.2. The molecule has 1 saturated heterocycles. The number of fused-ring (bicyclic) bond motifs is 1. The molecule has 8 heteroatoms. The van der Waals surface area contributed by atoms with Gasteiger partial charge in [-0.05, 0) is 57.4 Å². The molecule has 1 unspecified atom stereocenters. The van der Waals surface area contributed by atoms with E-state index in [2.05, 4.69) is 16.2 Å². The molecule has 1 N–H and O–H groups in total. The fraction of sp³-hybridized carbons (Fsp3) is 0.500. The zero-order chi connectivity index (χ0) is 19.1. The number of nitrogens with zero attached hydrogens (tertiary/aromatic N) is 3. The Kier molecular flexibility index (Phi) is 4.79. The molecular formula is C18H23N3O4S. The second kappa shape index (κ2) is 6.75. The van der Waals surface area contributed by atoms with Crippen LogP contribution in [0.1, 0.15) is 38.2 Å². The van der Waals surface area contributed by atoms with Gasteiger partial charge in [-0.15, -0.1) is 0 Å². The molecule has 1 amide bonds. The molecule has 2 aromatic rings. The van der Waals surface area contributed by atoms with Crippen molar-refractivity contribution in [3.63, 3.8) is 0 Å². The van der Waals surface area contributed by atoms with Crippen LogP contribution in [0.25, 0.3) is 10.1 Å². The van der Waals surface area contributed by atoms with Crippen LogP contribution in [0.5, 0.6) is 0 Å². The van der Waals surface area contributed by atoms with Crippen molar-refractivity contribution in [1.82, 2.24) is 9.27 Å². The van der Waals surface area contributed by atoms with Gasteiger partial charge in [-0.2, -0.15) is 4.37 Å². The zero-order valence-electron chi connectivity index (χ0n) is 15.4. The van der Waals surface area contributed by atoms with Crippen molar-refractivity contribution >= 4 is 39.4 Å². The maximum Gasteiger partial charge on any atom is 0.410 e. The Morgan fingerprint density at radius 1 is 1.31 bits per heavy atom. The third kappa shape index (κ3) is 3.75. The monoisotopic (exact) mass is 377 g/mol. The molecule has 1 aliphatic rings. The topological polar surface area (TPSA) is 83.0 Å². The second-order valence-electron chi connectivity index (χ2n) is 7.49. The van der Waals surface area contributed by atoms with E-state index in [9.17, 15) is 14.7 Å². The average Bonchev–Trinajstić information content (AvgIpc) is 2.96. The van der Waals surface area contributed by atoms with E-state index in [4.69, 9.17) is 4.74 Å². The van der Waals surface area contributed by atoms with E-state index in [0.717, 1.165) is 10.4 Å². The number of amides is 1. The molecule has 0 saturated carbocycles. The highest BCUT2D eigenvalue weighted by atomic mass is 32.1. The van der Waals surface area contributed by atoms with Crippen LogP contribution >= 0.6 is 11.5 Å². The first-order valence-corrected chi connectivity index (χ1v) is 9.30. The minimum Gasteiger partial charge on any atom is -0.476 e. The lowest BCUT2D eigenvalue weighted by Gasteiger charge is -2.41.